The molecular formula is C10H10ClNS. The molecule has 2 rings (SSSR count). The Labute approximate surface area is 87.1 Å². The highest BCUT2D eigenvalue weighted by Gasteiger charge is 2.14. The number of nitrogens with zero attached hydrogens (tertiary/aromatic N) is 1. The van der Waals surface area contributed by atoms with Crippen LogP contribution in [-0.4, -0.2) is 11.0 Å². The van der Waals surface area contributed by atoms with Crippen molar-refractivity contribution in [1.29, 1.82) is 0 Å². The number of allylic oxidation sites excluding steroid dienone is 2. The third-order valence-electron chi connectivity index (χ3n) is 2.00. The summed E-state index contributed by atoms with van der Waals surface area (Å²) in [4.78, 5) is 1.23. The first-order valence-corrected chi connectivity index (χ1v) is 5.35. The van der Waals surface area contributed by atoms with Gasteiger partial charge in [-0.3, -0.25) is 4.42 Å². The minimum atomic E-state index is 0.784. The maximum atomic E-state index is 6.10. The minimum absolute atomic E-state index is 0.784. The molecule has 0 aliphatic carbocycles. The lowest BCUT2D eigenvalue weighted by atomic mass is 10.1. The van der Waals surface area contributed by atoms with Gasteiger partial charge in [-0.1, -0.05) is 18.2 Å². The molecule has 1 aliphatic heterocycles. The molecule has 68 valence electrons. The molecule has 0 saturated heterocycles. The van der Waals surface area contributed by atoms with Crippen molar-refractivity contribution in [2.24, 2.45) is 0 Å². The Morgan fingerprint density at radius 1 is 1.54 bits per heavy atom. The van der Waals surface area contributed by atoms with E-state index in [1.54, 1.807) is 15.8 Å². The van der Waals surface area contributed by atoms with Gasteiger partial charge in [-0.05, 0) is 23.9 Å². The van der Waals surface area contributed by atoms with Crippen molar-refractivity contribution >= 4 is 28.8 Å². The van der Waals surface area contributed by atoms with Crippen LogP contribution < -0.4 is 0 Å². The first-order chi connectivity index (χ1) is 6.29. The van der Waals surface area contributed by atoms with Gasteiger partial charge in [-0.15, -0.1) is 11.3 Å². The summed E-state index contributed by atoms with van der Waals surface area (Å²) >= 11 is 7.82. The SMILES string of the molecule is CC1=C(c2cccs2)N(Cl)CC=C1. The smallest absolute Gasteiger partial charge is 0.0728 e. The molecule has 0 N–H and O–H groups in total. The van der Waals surface area contributed by atoms with Crippen LogP contribution in [0.25, 0.3) is 5.70 Å². The lowest BCUT2D eigenvalue weighted by molar-refractivity contribution is 0.694. The van der Waals surface area contributed by atoms with Gasteiger partial charge in [-0.2, -0.15) is 0 Å². The summed E-state index contributed by atoms with van der Waals surface area (Å²) in [5.41, 5.74) is 2.36. The summed E-state index contributed by atoms with van der Waals surface area (Å²) < 4.78 is 1.77. The Balaban J connectivity index is 2.45. The molecule has 0 radical (unpaired) electrons. The molecule has 0 amide bonds. The monoisotopic (exact) mass is 211 g/mol. The van der Waals surface area contributed by atoms with E-state index in [0.29, 0.717) is 0 Å². The highest BCUT2D eigenvalue weighted by atomic mass is 35.5. The number of thiophene rings is 1. The summed E-state index contributed by atoms with van der Waals surface area (Å²) in [7, 11) is 0. The van der Waals surface area contributed by atoms with E-state index in [-0.39, 0.29) is 0 Å². The number of halogens is 1. The largest absolute Gasteiger partial charge is 0.280 e. The van der Waals surface area contributed by atoms with Crippen LogP contribution in [0.3, 0.4) is 0 Å². The Hall–Kier alpha value is -0.730. The molecule has 0 fully saturated rings. The predicted molar refractivity (Wildman–Crippen MR) is 58.6 cm³/mol. The summed E-state index contributed by atoms with van der Waals surface area (Å²) in [5, 5.41) is 2.07. The topological polar surface area (TPSA) is 3.24 Å². The molecular weight excluding hydrogens is 202 g/mol. The molecule has 1 aromatic heterocycles. The highest BCUT2D eigenvalue weighted by molar-refractivity contribution is 7.11. The Bertz CT molecular complexity index is 351. The van der Waals surface area contributed by atoms with E-state index in [0.717, 1.165) is 12.2 Å². The van der Waals surface area contributed by atoms with Crippen molar-refractivity contribution in [3.63, 3.8) is 0 Å². The van der Waals surface area contributed by atoms with E-state index >= 15 is 0 Å². The van der Waals surface area contributed by atoms with Gasteiger partial charge in [0.1, 0.15) is 0 Å². The van der Waals surface area contributed by atoms with Crippen LogP contribution >= 0.6 is 23.1 Å². The Kier molecular flexibility index (Phi) is 2.42. The summed E-state index contributed by atoms with van der Waals surface area (Å²) in [6.07, 6.45) is 4.19. The van der Waals surface area contributed by atoms with Crippen molar-refractivity contribution in [2.75, 3.05) is 6.54 Å². The van der Waals surface area contributed by atoms with E-state index in [1.165, 1.54) is 10.5 Å². The quantitative estimate of drug-likeness (QED) is 0.643. The average molecular weight is 212 g/mol. The van der Waals surface area contributed by atoms with Gasteiger partial charge in [0.05, 0.1) is 17.1 Å². The molecule has 3 heteroatoms. The molecule has 0 spiro atoms. The van der Waals surface area contributed by atoms with Gasteiger partial charge in [0.2, 0.25) is 0 Å². The second-order valence-corrected chi connectivity index (χ2v) is 4.31. The van der Waals surface area contributed by atoms with Crippen LogP contribution in [0.5, 0.6) is 0 Å². The van der Waals surface area contributed by atoms with Crippen molar-refractivity contribution in [2.45, 2.75) is 6.92 Å². The standard InChI is InChI=1S/C10H10ClNS/c1-8-4-2-6-12(11)10(8)9-5-3-7-13-9/h2-5,7H,6H2,1H3. The van der Waals surface area contributed by atoms with Gasteiger partial charge in [0.25, 0.3) is 0 Å². The van der Waals surface area contributed by atoms with Gasteiger partial charge in [0, 0.05) is 11.8 Å². The third-order valence-corrected chi connectivity index (χ3v) is 3.19. The summed E-state index contributed by atoms with van der Waals surface area (Å²) in [5.74, 6) is 0. The highest BCUT2D eigenvalue weighted by Crippen LogP contribution is 2.30. The fourth-order valence-electron chi connectivity index (χ4n) is 1.41. The van der Waals surface area contributed by atoms with E-state index < -0.39 is 0 Å². The predicted octanol–water partition coefficient (Wildman–Crippen LogP) is 3.50. The normalized spacial score (nSPS) is 16.9. The fourth-order valence-corrected chi connectivity index (χ4v) is 2.61. The molecule has 1 nitrogen and oxygen atoms in total. The summed E-state index contributed by atoms with van der Waals surface area (Å²) in [6.45, 7) is 2.87. The van der Waals surface area contributed by atoms with Crippen LogP contribution in [0.4, 0.5) is 0 Å². The second-order valence-electron chi connectivity index (χ2n) is 2.96. The zero-order valence-electron chi connectivity index (χ0n) is 7.33. The first kappa shape index (κ1) is 8.85. The first-order valence-electron chi connectivity index (χ1n) is 4.13. The van der Waals surface area contributed by atoms with Crippen molar-refractivity contribution in [3.05, 3.63) is 40.1 Å². The van der Waals surface area contributed by atoms with Crippen LogP contribution in [-0.2, 0) is 0 Å². The zero-order valence-corrected chi connectivity index (χ0v) is 8.90. The van der Waals surface area contributed by atoms with E-state index in [4.69, 9.17) is 11.8 Å². The van der Waals surface area contributed by atoms with E-state index in [1.807, 2.05) is 6.07 Å². The molecule has 0 atom stereocenters. The van der Waals surface area contributed by atoms with Gasteiger partial charge in [0.15, 0.2) is 0 Å². The van der Waals surface area contributed by atoms with Crippen LogP contribution in [0.1, 0.15) is 11.8 Å². The second kappa shape index (κ2) is 3.56. The molecule has 1 aromatic rings. The van der Waals surface area contributed by atoms with E-state index in [2.05, 4.69) is 30.5 Å². The summed E-state index contributed by atoms with van der Waals surface area (Å²) in [6, 6.07) is 4.14. The van der Waals surface area contributed by atoms with Crippen molar-refractivity contribution < 1.29 is 0 Å². The number of hydrogen-bond donors (Lipinski definition) is 0. The zero-order chi connectivity index (χ0) is 9.26. The molecule has 1 aliphatic rings. The van der Waals surface area contributed by atoms with Crippen LogP contribution in [0.15, 0.2) is 35.2 Å². The minimum Gasteiger partial charge on any atom is -0.280 e. The van der Waals surface area contributed by atoms with Crippen molar-refractivity contribution in [3.8, 4) is 0 Å². The van der Waals surface area contributed by atoms with Gasteiger partial charge >= 0.3 is 0 Å². The molecule has 13 heavy (non-hydrogen) atoms. The molecule has 0 aromatic carbocycles. The molecule has 2 heterocycles. The maximum absolute atomic E-state index is 6.10. The van der Waals surface area contributed by atoms with Crippen LogP contribution in [0, 0.1) is 0 Å². The molecule has 0 bridgehead atoms. The average Bonchev–Trinajstić information content (AvgIpc) is 2.57. The van der Waals surface area contributed by atoms with E-state index in [9.17, 15) is 0 Å². The van der Waals surface area contributed by atoms with Gasteiger partial charge in [-0.25, -0.2) is 0 Å². The van der Waals surface area contributed by atoms with Crippen LogP contribution in [0.2, 0.25) is 0 Å². The Morgan fingerprint density at radius 2 is 2.38 bits per heavy atom. The van der Waals surface area contributed by atoms with Crippen molar-refractivity contribution in [1.82, 2.24) is 4.42 Å². The third kappa shape index (κ3) is 1.64. The maximum Gasteiger partial charge on any atom is 0.0728 e. The number of rotatable bonds is 1. The fraction of sp³-hybridized carbons (Fsp3) is 0.200. The number of hydrogen-bond acceptors (Lipinski definition) is 2. The van der Waals surface area contributed by atoms with Gasteiger partial charge < -0.3 is 0 Å². The lowest BCUT2D eigenvalue weighted by Gasteiger charge is -2.21. The molecule has 0 saturated carbocycles. The lowest BCUT2D eigenvalue weighted by Crippen LogP contribution is -2.14. The Morgan fingerprint density at radius 3 is 3.00 bits per heavy atom. The molecule has 0 unspecified atom stereocenters.